The molecular formula is C20H16ClN3O6S2. The topological polar surface area (TPSA) is 126 Å². The minimum atomic E-state index is -3.94. The molecule has 32 heavy (non-hydrogen) atoms. The number of sulfonamides is 1. The number of fused-ring (bicyclic) bond motifs is 1. The van der Waals surface area contributed by atoms with Gasteiger partial charge in [0.2, 0.25) is 0 Å². The Bertz CT molecular complexity index is 1310. The number of carbonyl (C=O) groups excluding carboxylic acids is 1. The molecule has 12 heteroatoms. The van der Waals surface area contributed by atoms with Gasteiger partial charge in [0.1, 0.15) is 12.4 Å². The van der Waals surface area contributed by atoms with E-state index in [2.05, 4.69) is 10.3 Å². The summed E-state index contributed by atoms with van der Waals surface area (Å²) in [7, 11) is -3.94. The van der Waals surface area contributed by atoms with Gasteiger partial charge >= 0.3 is 5.97 Å². The second kappa shape index (κ2) is 8.77. The average Bonchev–Trinajstić information content (AvgIpc) is 3.18. The summed E-state index contributed by atoms with van der Waals surface area (Å²) in [4.78, 5) is 27.6. The number of anilines is 2. The van der Waals surface area contributed by atoms with Crippen molar-refractivity contribution in [2.75, 3.05) is 22.8 Å². The summed E-state index contributed by atoms with van der Waals surface area (Å²) >= 11 is 7.06. The van der Waals surface area contributed by atoms with Gasteiger partial charge in [-0.2, -0.15) is 0 Å². The highest BCUT2D eigenvalue weighted by atomic mass is 35.5. The molecule has 0 radical (unpaired) electrons. The van der Waals surface area contributed by atoms with E-state index in [1.807, 2.05) is 0 Å². The molecule has 2 N–H and O–H groups in total. The number of amides is 1. The lowest BCUT2D eigenvalue weighted by Crippen LogP contribution is -2.38. The van der Waals surface area contributed by atoms with E-state index in [9.17, 15) is 18.0 Å². The van der Waals surface area contributed by atoms with E-state index in [0.717, 1.165) is 11.3 Å². The molecule has 0 saturated heterocycles. The number of aliphatic carboxylic acids is 1. The maximum absolute atomic E-state index is 13.2. The fraction of sp³-hybridized carbons (Fsp3) is 0.150. The molecule has 0 saturated carbocycles. The minimum absolute atomic E-state index is 0.0291. The molecule has 1 aromatic heterocycles. The molecule has 0 spiro atoms. The van der Waals surface area contributed by atoms with Gasteiger partial charge in [0.25, 0.3) is 15.9 Å². The van der Waals surface area contributed by atoms with Gasteiger partial charge in [-0.1, -0.05) is 17.7 Å². The molecule has 0 atom stereocenters. The van der Waals surface area contributed by atoms with Crippen molar-refractivity contribution in [2.24, 2.45) is 0 Å². The average molecular weight is 494 g/mol. The third-order valence-corrected chi connectivity index (χ3v) is 7.38. The van der Waals surface area contributed by atoms with Crippen LogP contribution in [0.5, 0.6) is 5.75 Å². The number of carboxylic acid groups (broad SMARTS) is 1. The largest absolute Gasteiger partial charge is 0.489 e. The monoisotopic (exact) mass is 493 g/mol. The van der Waals surface area contributed by atoms with E-state index in [-0.39, 0.29) is 40.9 Å². The molecule has 0 fully saturated rings. The number of rotatable bonds is 6. The van der Waals surface area contributed by atoms with Crippen molar-refractivity contribution in [1.29, 1.82) is 0 Å². The first kappa shape index (κ1) is 22.1. The Morgan fingerprint density at radius 1 is 1.25 bits per heavy atom. The van der Waals surface area contributed by atoms with Gasteiger partial charge in [0.05, 0.1) is 29.2 Å². The number of hydrogen-bond donors (Lipinski definition) is 2. The van der Waals surface area contributed by atoms with E-state index in [1.165, 1.54) is 34.6 Å². The van der Waals surface area contributed by atoms with E-state index in [1.54, 1.807) is 17.5 Å². The molecule has 1 aliphatic rings. The summed E-state index contributed by atoms with van der Waals surface area (Å²) in [6.45, 7) is 0.224. The molecular weight excluding hydrogens is 478 g/mol. The van der Waals surface area contributed by atoms with Crippen molar-refractivity contribution in [3.63, 3.8) is 0 Å². The SMILES string of the molecule is O=C(O)Cc1csc(NC(=O)c2ccc3c(c2)N(S(=O)(=O)c2cccc(Cl)c2)CCO3)n1. The number of nitrogens with one attached hydrogen (secondary N) is 1. The zero-order chi connectivity index (χ0) is 22.9. The molecule has 1 aliphatic heterocycles. The summed E-state index contributed by atoms with van der Waals surface area (Å²) in [5.74, 6) is -1.21. The summed E-state index contributed by atoms with van der Waals surface area (Å²) in [5.41, 5.74) is 0.751. The second-order valence-corrected chi connectivity index (χ2v) is 9.89. The molecule has 2 heterocycles. The van der Waals surface area contributed by atoms with Crippen LogP contribution >= 0.6 is 22.9 Å². The van der Waals surface area contributed by atoms with E-state index >= 15 is 0 Å². The Morgan fingerprint density at radius 3 is 2.81 bits per heavy atom. The van der Waals surface area contributed by atoms with Crippen LogP contribution in [-0.2, 0) is 21.2 Å². The Kier molecular flexibility index (Phi) is 6.04. The predicted octanol–water partition coefficient (Wildman–Crippen LogP) is 3.26. The quantitative estimate of drug-likeness (QED) is 0.539. The molecule has 3 aromatic rings. The number of hydrogen-bond acceptors (Lipinski definition) is 7. The first-order valence-electron chi connectivity index (χ1n) is 9.27. The highest BCUT2D eigenvalue weighted by molar-refractivity contribution is 7.92. The van der Waals surface area contributed by atoms with E-state index in [0.29, 0.717) is 16.5 Å². The molecule has 0 unspecified atom stereocenters. The fourth-order valence-electron chi connectivity index (χ4n) is 3.11. The van der Waals surface area contributed by atoms with Gasteiger partial charge in [-0.25, -0.2) is 13.4 Å². The summed E-state index contributed by atoms with van der Waals surface area (Å²) in [6.07, 6.45) is -0.251. The highest BCUT2D eigenvalue weighted by Crippen LogP contribution is 2.36. The maximum Gasteiger partial charge on any atom is 0.309 e. The zero-order valence-electron chi connectivity index (χ0n) is 16.3. The number of halogens is 1. The van der Waals surface area contributed by atoms with Gasteiger partial charge in [-0.3, -0.25) is 19.2 Å². The fourth-order valence-corrected chi connectivity index (χ4v) is 5.57. The van der Waals surface area contributed by atoms with Crippen molar-refractivity contribution in [3.05, 3.63) is 64.1 Å². The molecule has 9 nitrogen and oxygen atoms in total. The zero-order valence-corrected chi connectivity index (χ0v) is 18.7. The van der Waals surface area contributed by atoms with Crippen LogP contribution in [0.1, 0.15) is 16.1 Å². The number of benzene rings is 2. The third-order valence-electron chi connectivity index (χ3n) is 4.53. The summed E-state index contributed by atoms with van der Waals surface area (Å²) < 4.78 is 33.2. The highest BCUT2D eigenvalue weighted by Gasteiger charge is 2.31. The van der Waals surface area contributed by atoms with E-state index < -0.39 is 21.9 Å². The van der Waals surface area contributed by atoms with Gasteiger partial charge in [-0.15, -0.1) is 11.3 Å². The van der Waals surface area contributed by atoms with Crippen LogP contribution in [0.3, 0.4) is 0 Å². The molecule has 0 aliphatic carbocycles. The normalized spacial score (nSPS) is 13.2. The minimum Gasteiger partial charge on any atom is -0.489 e. The van der Waals surface area contributed by atoms with Crippen molar-refractivity contribution < 1.29 is 27.9 Å². The lowest BCUT2D eigenvalue weighted by molar-refractivity contribution is -0.136. The van der Waals surface area contributed by atoms with Crippen molar-refractivity contribution >= 4 is 55.7 Å². The molecule has 1 amide bonds. The van der Waals surface area contributed by atoms with Gasteiger partial charge in [-0.05, 0) is 36.4 Å². The van der Waals surface area contributed by atoms with Gasteiger partial charge in [0.15, 0.2) is 5.13 Å². The standard InChI is InChI=1S/C20H16ClN3O6S2/c21-13-2-1-3-15(9-13)32(28,29)24-6-7-30-17-5-4-12(8-16(17)24)19(27)23-20-22-14(11-31-20)10-18(25)26/h1-5,8-9,11H,6-7,10H2,(H,25,26)(H,22,23,27). The first-order valence-corrected chi connectivity index (χ1v) is 12.0. The summed E-state index contributed by atoms with van der Waals surface area (Å²) in [6, 6.07) is 10.4. The number of carboxylic acids is 1. The van der Waals surface area contributed by atoms with E-state index in [4.69, 9.17) is 21.4 Å². The number of ether oxygens (including phenoxy) is 1. The van der Waals surface area contributed by atoms with Crippen LogP contribution < -0.4 is 14.4 Å². The number of nitrogens with zero attached hydrogens (tertiary/aromatic N) is 2. The Labute approximate surface area is 192 Å². The molecule has 4 rings (SSSR count). The van der Waals surface area contributed by atoms with Crippen LogP contribution in [0.15, 0.2) is 52.7 Å². The number of thiazole rings is 1. The Balaban J connectivity index is 1.62. The molecule has 166 valence electrons. The predicted molar refractivity (Wildman–Crippen MR) is 119 cm³/mol. The van der Waals surface area contributed by atoms with Gasteiger partial charge in [0, 0.05) is 16.0 Å². The third kappa shape index (κ3) is 4.54. The second-order valence-electron chi connectivity index (χ2n) is 6.73. The Hall–Kier alpha value is -3.15. The van der Waals surface area contributed by atoms with Crippen LogP contribution in [0.25, 0.3) is 0 Å². The lowest BCUT2D eigenvalue weighted by atomic mass is 10.1. The number of carbonyl (C=O) groups is 2. The van der Waals surface area contributed by atoms with Crippen LogP contribution in [-0.4, -0.2) is 43.5 Å². The van der Waals surface area contributed by atoms with Crippen LogP contribution in [0.2, 0.25) is 5.02 Å². The summed E-state index contributed by atoms with van der Waals surface area (Å²) in [5, 5.41) is 13.5. The van der Waals surface area contributed by atoms with Crippen molar-refractivity contribution in [3.8, 4) is 5.75 Å². The van der Waals surface area contributed by atoms with Crippen molar-refractivity contribution in [2.45, 2.75) is 11.3 Å². The van der Waals surface area contributed by atoms with Gasteiger partial charge < -0.3 is 9.84 Å². The maximum atomic E-state index is 13.2. The molecule has 0 bridgehead atoms. The first-order chi connectivity index (χ1) is 15.2. The Morgan fingerprint density at radius 2 is 2.06 bits per heavy atom. The lowest BCUT2D eigenvalue weighted by Gasteiger charge is -2.30. The van der Waals surface area contributed by atoms with Crippen LogP contribution in [0, 0.1) is 0 Å². The van der Waals surface area contributed by atoms with Crippen LogP contribution in [0.4, 0.5) is 10.8 Å². The van der Waals surface area contributed by atoms with Crippen molar-refractivity contribution in [1.82, 2.24) is 4.98 Å². The smallest absolute Gasteiger partial charge is 0.309 e. The number of aromatic nitrogens is 1. The molecule has 2 aromatic carbocycles.